The molecule has 1 aromatic rings. The first-order chi connectivity index (χ1) is 7.16. The number of hydrogen-bond acceptors (Lipinski definition) is 2. The lowest BCUT2D eigenvalue weighted by Crippen LogP contribution is -2.19. The predicted molar refractivity (Wildman–Crippen MR) is 62.7 cm³/mol. The fraction of sp³-hybridized carbons (Fsp3) is 0.154. The van der Waals surface area contributed by atoms with E-state index in [0.717, 1.165) is 0 Å². The third kappa shape index (κ3) is 2.81. The Kier molecular flexibility index (Phi) is 3.86. The van der Waals surface area contributed by atoms with Crippen molar-refractivity contribution in [2.24, 2.45) is 0 Å². The minimum atomic E-state index is 0.0144. The number of hydrogen-bond donors (Lipinski definition) is 0. The van der Waals surface area contributed by atoms with Crippen molar-refractivity contribution in [2.45, 2.75) is 0 Å². The molecule has 2 nitrogen and oxygen atoms in total. The fourth-order valence-electron chi connectivity index (χ4n) is 1.28. The lowest BCUT2D eigenvalue weighted by molar-refractivity contribution is 0.100. The Morgan fingerprint density at radius 3 is 2.33 bits per heavy atom. The van der Waals surface area contributed by atoms with E-state index in [2.05, 4.69) is 6.58 Å². The first-order valence-electron chi connectivity index (χ1n) is 4.76. The molecule has 0 saturated heterocycles. The lowest BCUT2D eigenvalue weighted by Gasteiger charge is -2.15. The maximum absolute atomic E-state index is 12.0. The maximum Gasteiger partial charge on any atom is 0.209 e. The largest absolute Gasteiger partial charge is 0.374 e. The van der Waals surface area contributed by atoms with E-state index in [1.54, 1.807) is 17.1 Å². The number of ketones is 1. The highest BCUT2D eigenvalue weighted by molar-refractivity contribution is 6.08. The van der Waals surface area contributed by atoms with Crippen LogP contribution in [0.2, 0.25) is 0 Å². The molecule has 0 atom stereocenters. The van der Waals surface area contributed by atoms with Gasteiger partial charge in [-0.3, -0.25) is 4.79 Å². The van der Waals surface area contributed by atoms with E-state index in [1.807, 2.05) is 44.4 Å². The van der Waals surface area contributed by atoms with Gasteiger partial charge in [0.2, 0.25) is 5.78 Å². The zero-order valence-corrected chi connectivity index (χ0v) is 9.10. The van der Waals surface area contributed by atoms with Gasteiger partial charge in [0.1, 0.15) is 0 Å². The summed E-state index contributed by atoms with van der Waals surface area (Å²) >= 11 is 0. The summed E-state index contributed by atoms with van der Waals surface area (Å²) in [5, 5.41) is 0. The van der Waals surface area contributed by atoms with Gasteiger partial charge in [0.25, 0.3) is 0 Å². The highest BCUT2D eigenvalue weighted by Gasteiger charge is 2.12. The second-order valence-electron chi connectivity index (χ2n) is 3.38. The van der Waals surface area contributed by atoms with Gasteiger partial charge in [-0.1, -0.05) is 43.0 Å². The van der Waals surface area contributed by atoms with Crippen molar-refractivity contribution < 1.29 is 4.79 Å². The van der Waals surface area contributed by atoms with E-state index in [0.29, 0.717) is 11.3 Å². The van der Waals surface area contributed by atoms with Crippen LogP contribution in [0.15, 0.2) is 54.8 Å². The average molecular weight is 201 g/mol. The van der Waals surface area contributed by atoms with Crippen molar-refractivity contribution in [3.05, 3.63) is 60.3 Å². The summed E-state index contributed by atoms with van der Waals surface area (Å²) in [5.74, 6) is 0.0144. The van der Waals surface area contributed by atoms with Crippen LogP contribution in [0.3, 0.4) is 0 Å². The van der Waals surface area contributed by atoms with E-state index in [1.165, 1.54) is 0 Å². The molecule has 78 valence electrons. The van der Waals surface area contributed by atoms with Crippen LogP contribution in [0.25, 0.3) is 0 Å². The number of benzene rings is 1. The van der Waals surface area contributed by atoms with Crippen molar-refractivity contribution >= 4 is 5.78 Å². The van der Waals surface area contributed by atoms with Crippen LogP contribution < -0.4 is 0 Å². The van der Waals surface area contributed by atoms with E-state index >= 15 is 0 Å². The molecule has 0 aliphatic carbocycles. The number of Topliss-reactive ketones (excluding diaryl/α,β-unsaturated/α-hetero) is 1. The molecule has 2 heteroatoms. The quantitative estimate of drug-likeness (QED) is 0.424. The summed E-state index contributed by atoms with van der Waals surface area (Å²) in [6, 6.07) is 9.22. The molecular weight excluding hydrogens is 186 g/mol. The van der Waals surface area contributed by atoms with Crippen molar-refractivity contribution in [3.63, 3.8) is 0 Å². The molecule has 0 spiro atoms. The van der Waals surface area contributed by atoms with Gasteiger partial charge in [-0.05, 0) is 6.08 Å². The number of likely N-dealkylation sites (N-methyl/N-ethyl adjacent to an activating group) is 1. The number of nitrogens with zero attached hydrogens (tertiary/aromatic N) is 1. The highest BCUT2D eigenvalue weighted by Crippen LogP contribution is 2.10. The Bertz CT molecular complexity index is 377. The van der Waals surface area contributed by atoms with Crippen molar-refractivity contribution in [3.8, 4) is 0 Å². The second-order valence-corrected chi connectivity index (χ2v) is 3.38. The standard InChI is InChI=1S/C13H15NO/c1-4-8-12(14(2)3)13(15)11-9-6-5-7-10-11/h4-10H,1H2,2-3H3. The van der Waals surface area contributed by atoms with Gasteiger partial charge in [0, 0.05) is 19.7 Å². The molecule has 0 aromatic heterocycles. The van der Waals surface area contributed by atoms with Crippen molar-refractivity contribution in [2.75, 3.05) is 14.1 Å². The molecule has 0 heterocycles. The molecule has 0 saturated carbocycles. The summed E-state index contributed by atoms with van der Waals surface area (Å²) in [7, 11) is 3.69. The van der Waals surface area contributed by atoms with Crippen LogP contribution in [0.5, 0.6) is 0 Å². The van der Waals surface area contributed by atoms with Gasteiger partial charge < -0.3 is 4.90 Å². The third-order valence-corrected chi connectivity index (χ3v) is 2.03. The predicted octanol–water partition coefficient (Wildman–Crippen LogP) is 2.50. The third-order valence-electron chi connectivity index (χ3n) is 2.03. The molecule has 0 amide bonds. The molecule has 0 aliphatic rings. The van der Waals surface area contributed by atoms with Gasteiger partial charge in [-0.2, -0.15) is 0 Å². The second kappa shape index (κ2) is 5.15. The van der Waals surface area contributed by atoms with E-state index < -0.39 is 0 Å². The van der Waals surface area contributed by atoms with Crippen LogP contribution in [0.1, 0.15) is 10.4 Å². The molecule has 15 heavy (non-hydrogen) atoms. The molecule has 0 bridgehead atoms. The van der Waals surface area contributed by atoms with Gasteiger partial charge in [0.15, 0.2) is 0 Å². The Hall–Kier alpha value is -1.83. The molecule has 0 unspecified atom stereocenters. The monoisotopic (exact) mass is 201 g/mol. The minimum absolute atomic E-state index is 0.0144. The number of carbonyl (C=O) groups is 1. The summed E-state index contributed by atoms with van der Waals surface area (Å²) in [5.41, 5.74) is 1.33. The molecule has 1 aromatic carbocycles. The molecule has 1 rings (SSSR count). The van der Waals surface area contributed by atoms with Gasteiger partial charge in [-0.15, -0.1) is 0 Å². The average Bonchev–Trinajstić information content (AvgIpc) is 2.26. The summed E-state index contributed by atoms with van der Waals surface area (Å²) < 4.78 is 0. The lowest BCUT2D eigenvalue weighted by atomic mass is 10.1. The summed E-state index contributed by atoms with van der Waals surface area (Å²) in [6.07, 6.45) is 3.34. The zero-order valence-electron chi connectivity index (χ0n) is 9.10. The Labute approximate surface area is 90.5 Å². The van der Waals surface area contributed by atoms with Crippen LogP contribution in [0.4, 0.5) is 0 Å². The van der Waals surface area contributed by atoms with Crippen molar-refractivity contribution in [1.29, 1.82) is 0 Å². The summed E-state index contributed by atoms with van der Waals surface area (Å²) in [6.45, 7) is 3.60. The summed E-state index contributed by atoms with van der Waals surface area (Å²) in [4.78, 5) is 13.8. The van der Waals surface area contributed by atoms with Crippen LogP contribution in [-0.4, -0.2) is 24.8 Å². The normalized spacial score (nSPS) is 10.9. The number of allylic oxidation sites excluding steroid dienone is 3. The molecular formula is C13H15NO. The van der Waals surface area contributed by atoms with Crippen LogP contribution in [-0.2, 0) is 0 Å². The van der Waals surface area contributed by atoms with E-state index in [9.17, 15) is 4.79 Å². The zero-order chi connectivity index (χ0) is 11.3. The smallest absolute Gasteiger partial charge is 0.209 e. The molecule has 0 N–H and O–H groups in total. The van der Waals surface area contributed by atoms with Gasteiger partial charge in [-0.25, -0.2) is 0 Å². The Morgan fingerprint density at radius 2 is 1.87 bits per heavy atom. The first-order valence-corrected chi connectivity index (χ1v) is 4.76. The Morgan fingerprint density at radius 1 is 1.27 bits per heavy atom. The Balaban J connectivity index is 3.02. The fourth-order valence-corrected chi connectivity index (χ4v) is 1.28. The molecule has 0 fully saturated rings. The minimum Gasteiger partial charge on any atom is -0.374 e. The van der Waals surface area contributed by atoms with Crippen LogP contribution >= 0.6 is 0 Å². The molecule has 0 aliphatic heterocycles. The maximum atomic E-state index is 12.0. The number of carbonyl (C=O) groups excluding carboxylic acids is 1. The van der Waals surface area contributed by atoms with Gasteiger partial charge in [0.05, 0.1) is 5.70 Å². The topological polar surface area (TPSA) is 20.3 Å². The van der Waals surface area contributed by atoms with Crippen molar-refractivity contribution in [1.82, 2.24) is 4.90 Å². The molecule has 0 radical (unpaired) electrons. The first kappa shape index (κ1) is 11.2. The van der Waals surface area contributed by atoms with E-state index in [4.69, 9.17) is 0 Å². The van der Waals surface area contributed by atoms with Gasteiger partial charge >= 0.3 is 0 Å². The van der Waals surface area contributed by atoms with E-state index in [-0.39, 0.29) is 5.78 Å². The highest BCUT2D eigenvalue weighted by atomic mass is 16.1. The SMILES string of the molecule is C=CC=C(C(=O)c1ccccc1)N(C)C. The number of rotatable bonds is 4. The van der Waals surface area contributed by atoms with Crippen LogP contribution in [0, 0.1) is 0 Å².